The van der Waals surface area contributed by atoms with Crippen LogP contribution in [-0.4, -0.2) is 50.0 Å². The summed E-state index contributed by atoms with van der Waals surface area (Å²) < 4.78 is 24.8. The van der Waals surface area contributed by atoms with E-state index >= 15 is 0 Å². The topological polar surface area (TPSA) is 97.1 Å². The van der Waals surface area contributed by atoms with E-state index in [-0.39, 0.29) is 17.8 Å². The van der Waals surface area contributed by atoms with Crippen molar-refractivity contribution in [1.82, 2.24) is 25.2 Å². The number of aromatic nitrogens is 4. The first-order chi connectivity index (χ1) is 13.3. The van der Waals surface area contributed by atoms with Crippen LogP contribution in [0.3, 0.4) is 0 Å². The molecule has 28 heavy (non-hydrogen) atoms. The van der Waals surface area contributed by atoms with Crippen LogP contribution in [0.2, 0.25) is 0 Å². The van der Waals surface area contributed by atoms with E-state index in [4.69, 9.17) is 9.26 Å². The van der Waals surface area contributed by atoms with E-state index in [9.17, 15) is 9.18 Å². The molecule has 4 rings (SSSR count). The van der Waals surface area contributed by atoms with Crippen molar-refractivity contribution in [2.45, 2.75) is 45.1 Å². The van der Waals surface area contributed by atoms with Crippen LogP contribution in [0.15, 0.2) is 22.9 Å². The maximum absolute atomic E-state index is 13.9. The molecule has 1 N–H and O–H groups in total. The number of carbonyl (C=O) groups excluding carboxylic acids is 1. The number of H-pyrrole nitrogens is 1. The molecule has 1 aromatic carbocycles. The van der Waals surface area contributed by atoms with Crippen molar-refractivity contribution in [1.29, 1.82) is 0 Å². The Balaban J connectivity index is 1.55. The lowest BCUT2D eigenvalue weighted by Crippen LogP contribution is -2.42. The second kappa shape index (κ2) is 6.88. The monoisotopic (exact) mass is 387 g/mol. The van der Waals surface area contributed by atoms with Crippen LogP contribution in [0.5, 0.6) is 0 Å². The Kier molecular flexibility index (Phi) is 4.52. The zero-order chi connectivity index (χ0) is 19.9. The van der Waals surface area contributed by atoms with Crippen LogP contribution in [0.25, 0.3) is 22.3 Å². The predicted molar refractivity (Wildman–Crippen MR) is 99.1 cm³/mol. The Morgan fingerprint density at radius 1 is 1.39 bits per heavy atom. The minimum Gasteiger partial charge on any atom is -0.444 e. The number of fused-ring (bicyclic) bond motifs is 1. The first-order valence-corrected chi connectivity index (χ1v) is 9.25. The van der Waals surface area contributed by atoms with Crippen LogP contribution >= 0.6 is 0 Å². The van der Waals surface area contributed by atoms with Gasteiger partial charge in [-0.2, -0.15) is 10.1 Å². The lowest BCUT2D eigenvalue weighted by molar-refractivity contribution is 0.0189. The second-order valence-electron chi connectivity index (χ2n) is 7.98. The summed E-state index contributed by atoms with van der Waals surface area (Å²) in [4.78, 5) is 18.5. The number of ether oxygens (including phenoxy) is 1. The number of piperidine rings is 1. The van der Waals surface area contributed by atoms with Crippen molar-refractivity contribution >= 4 is 17.0 Å². The molecule has 8 nitrogen and oxygen atoms in total. The molecular formula is C19H22FN5O3. The molecule has 0 saturated carbocycles. The highest BCUT2D eigenvalue weighted by atomic mass is 19.1. The molecule has 1 aliphatic rings. The summed E-state index contributed by atoms with van der Waals surface area (Å²) in [5.41, 5.74) is 0.592. The van der Waals surface area contributed by atoms with Crippen LogP contribution in [0, 0.1) is 5.82 Å². The van der Waals surface area contributed by atoms with Crippen molar-refractivity contribution in [2.24, 2.45) is 0 Å². The smallest absolute Gasteiger partial charge is 0.410 e. The minimum atomic E-state index is -0.542. The van der Waals surface area contributed by atoms with Crippen molar-refractivity contribution in [2.75, 3.05) is 13.1 Å². The Hall–Kier alpha value is -2.97. The van der Waals surface area contributed by atoms with Gasteiger partial charge in [0.15, 0.2) is 0 Å². The lowest BCUT2D eigenvalue weighted by Gasteiger charge is -2.32. The van der Waals surface area contributed by atoms with Gasteiger partial charge in [-0.05, 0) is 45.7 Å². The van der Waals surface area contributed by atoms with E-state index in [1.54, 1.807) is 11.0 Å². The van der Waals surface area contributed by atoms with Crippen molar-refractivity contribution in [3.8, 4) is 11.4 Å². The van der Waals surface area contributed by atoms with Crippen LogP contribution < -0.4 is 0 Å². The molecule has 1 fully saturated rings. The number of rotatable bonds is 2. The van der Waals surface area contributed by atoms with Crippen molar-refractivity contribution in [3.63, 3.8) is 0 Å². The number of nitrogens with zero attached hydrogens (tertiary/aromatic N) is 4. The van der Waals surface area contributed by atoms with E-state index in [0.29, 0.717) is 41.3 Å². The Morgan fingerprint density at radius 2 is 2.21 bits per heavy atom. The van der Waals surface area contributed by atoms with E-state index in [1.807, 2.05) is 20.8 Å². The number of halogens is 1. The molecule has 1 amide bonds. The maximum Gasteiger partial charge on any atom is 0.410 e. The fourth-order valence-electron chi connectivity index (χ4n) is 3.37. The van der Waals surface area contributed by atoms with Crippen molar-refractivity contribution < 1.29 is 18.4 Å². The largest absolute Gasteiger partial charge is 0.444 e. The number of hydrogen-bond acceptors (Lipinski definition) is 6. The summed E-state index contributed by atoms with van der Waals surface area (Å²) in [6, 6.07) is 2.95. The molecule has 3 heterocycles. The summed E-state index contributed by atoms with van der Waals surface area (Å²) in [5, 5.41) is 11.1. The SMILES string of the molecule is CC(C)(C)OC(=O)N1CCC[C@@H](c2nc(-c3ccc(F)c4cn[nH]c34)no2)C1. The molecule has 0 bridgehead atoms. The molecule has 1 atom stereocenters. The third-order valence-electron chi connectivity index (χ3n) is 4.67. The van der Waals surface area contributed by atoms with Gasteiger partial charge >= 0.3 is 6.09 Å². The summed E-state index contributed by atoms with van der Waals surface area (Å²) in [6.07, 6.45) is 2.75. The third-order valence-corrected chi connectivity index (χ3v) is 4.67. The van der Waals surface area contributed by atoms with Gasteiger partial charge in [0.1, 0.15) is 11.4 Å². The van der Waals surface area contributed by atoms with E-state index < -0.39 is 5.60 Å². The standard InChI is InChI=1S/C19H22FN5O3/c1-19(2,3)27-18(26)25-8-4-5-11(10-25)17-22-16(24-28-17)12-6-7-14(20)13-9-21-23-15(12)13/h6-7,9,11H,4-5,8,10H2,1-3H3,(H,21,23)/t11-/m1/s1. The van der Waals surface area contributed by atoms with Gasteiger partial charge in [0.25, 0.3) is 0 Å². The first kappa shape index (κ1) is 18.4. The molecule has 1 aliphatic heterocycles. The molecule has 0 unspecified atom stereocenters. The number of carbonyl (C=O) groups is 1. The number of amides is 1. The normalized spacial score (nSPS) is 17.9. The highest BCUT2D eigenvalue weighted by Crippen LogP contribution is 2.31. The molecule has 0 radical (unpaired) electrons. The van der Waals surface area contributed by atoms with Gasteiger partial charge < -0.3 is 14.2 Å². The maximum atomic E-state index is 13.9. The number of nitrogens with one attached hydrogen (secondary N) is 1. The van der Waals surface area contributed by atoms with Gasteiger partial charge in [0, 0.05) is 18.7 Å². The highest BCUT2D eigenvalue weighted by Gasteiger charge is 2.31. The zero-order valence-corrected chi connectivity index (χ0v) is 16.0. The molecular weight excluding hydrogens is 365 g/mol. The molecule has 3 aromatic rings. The summed E-state index contributed by atoms with van der Waals surface area (Å²) >= 11 is 0. The van der Waals surface area contributed by atoms with Crippen LogP contribution in [0.1, 0.15) is 45.4 Å². The summed E-state index contributed by atoms with van der Waals surface area (Å²) in [7, 11) is 0. The fourth-order valence-corrected chi connectivity index (χ4v) is 3.37. The van der Waals surface area contributed by atoms with Gasteiger partial charge in [0.05, 0.1) is 23.0 Å². The Bertz CT molecular complexity index is 1010. The van der Waals surface area contributed by atoms with Crippen molar-refractivity contribution in [3.05, 3.63) is 30.0 Å². The molecule has 2 aromatic heterocycles. The van der Waals surface area contributed by atoms with Crippen LogP contribution in [-0.2, 0) is 4.74 Å². The Morgan fingerprint density at radius 3 is 3.00 bits per heavy atom. The molecule has 0 aliphatic carbocycles. The van der Waals surface area contributed by atoms with Gasteiger partial charge in [-0.15, -0.1) is 0 Å². The quantitative estimate of drug-likeness (QED) is 0.717. The molecule has 148 valence electrons. The summed E-state index contributed by atoms with van der Waals surface area (Å²) in [6.45, 7) is 6.62. The highest BCUT2D eigenvalue weighted by molar-refractivity contribution is 5.91. The average Bonchev–Trinajstić information content (AvgIpc) is 3.31. The number of benzene rings is 1. The zero-order valence-electron chi connectivity index (χ0n) is 16.0. The number of aromatic amines is 1. The number of likely N-dealkylation sites (tertiary alicyclic amines) is 1. The van der Waals surface area contributed by atoms with Gasteiger partial charge in [-0.1, -0.05) is 5.16 Å². The average molecular weight is 387 g/mol. The molecule has 9 heteroatoms. The first-order valence-electron chi connectivity index (χ1n) is 9.25. The van der Waals surface area contributed by atoms with Gasteiger partial charge in [-0.25, -0.2) is 9.18 Å². The summed E-state index contributed by atoms with van der Waals surface area (Å²) in [5.74, 6) is 0.385. The van der Waals surface area contributed by atoms with Crippen LogP contribution in [0.4, 0.5) is 9.18 Å². The second-order valence-corrected chi connectivity index (χ2v) is 7.98. The number of hydrogen-bond donors (Lipinski definition) is 1. The molecule has 1 saturated heterocycles. The van der Waals surface area contributed by atoms with E-state index in [1.165, 1.54) is 12.3 Å². The van der Waals surface area contributed by atoms with E-state index in [2.05, 4.69) is 20.3 Å². The van der Waals surface area contributed by atoms with Gasteiger partial charge in [-0.3, -0.25) is 5.10 Å². The lowest BCUT2D eigenvalue weighted by atomic mass is 9.98. The predicted octanol–water partition coefficient (Wildman–Crippen LogP) is 3.87. The van der Waals surface area contributed by atoms with E-state index in [0.717, 1.165) is 12.8 Å². The minimum absolute atomic E-state index is 0.0692. The third kappa shape index (κ3) is 3.56. The fraction of sp³-hybridized carbons (Fsp3) is 0.474. The Labute approximate surface area is 161 Å². The van der Waals surface area contributed by atoms with Gasteiger partial charge in [0.2, 0.25) is 11.7 Å². The molecule has 0 spiro atoms.